The van der Waals surface area contributed by atoms with Crippen LogP contribution in [0.25, 0.3) is 0 Å². The summed E-state index contributed by atoms with van der Waals surface area (Å²) in [7, 11) is 0. The highest BCUT2D eigenvalue weighted by Crippen LogP contribution is 2.36. The minimum absolute atomic E-state index is 0.0365. The predicted molar refractivity (Wildman–Crippen MR) is 82.7 cm³/mol. The monoisotopic (exact) mass is 315 g/mol. The van der Waals surface area contributed by atoms with E-state index in [4.69, 9.17) is 9.47 Å². The molecule has 1 saturated heterocycles. The number of amides is 1. The van der Waals surface area contributed by atoms with Crippen LogP contribution in [0.4, 0.5) is 4.79 Å². The Hall–Kier alpha value is -1.30. The van der Waals surface area contributed by atoms with Crippen LogP contribution in [0.15, 0.2) is 0 Å². The molecule has 1 rings (SSSR count). The van der Waals surface area contributed by atoms with E-state index in [-0.39, 0.29) is 18.6 Å². The summed E-state index contributed by atoms with van der Waals surface area (Å²) in [5, 5.41) is 12.4. The van der Waals surface area contributed by atoms with E-state index in [0.29, 0.717) is 13.0 Å². The molecule has 1 heterocycles. The number of hydrogen-bond donors (Lipinski definition) is 2. The van der Waals surface area contributed by atoms with Crippen molar-refractivity contribution in [2.45, 2.75) is 65.6 Å². The molecule has 2 N–H and O–H groups in total. The van der Waals surface area contributed by atoms with Crippen LogP contribution >= 0.6 is 0 Å². The highest BCUT2D eigenvalue weighted by atomic mass is 16.6. The van der Waals surface area contributed by atoms with Gasteiger partial charge in [-0.05, 0) is 46.0 Å². The first-order valence-electron chi connectivity index (χ1n) is 7.89. The van der Waals surface area contributed by atoms with Gasteiger partial charge in [0, 0.05) is 13.2 Å². The highest BCUT2D eigenvalue weighted by Gasteiger charge is 2.44. The second-order valence-electron chi connectivity index (χ2n) is 7.31. The molecule has 6 heteroatoms. The molecular formula is C16H29NO5. The summed E-state index contributed by atoms with van der Waals surface area (Å²) in [6, 6.07) is 0. The molecule has 128 valence electrons. The van der Waals surface area contributed by atoms with Gasteiger partial charge in [0.05, 0.1) is 11.5 Å². The minimum atomic E-state index is -1.05. The van der Waals surface area contributed by atoms with E-state index in [1.165, 1.54) is 0 Å². The van der Waals surface area contributed by atoms with Crippen molar-refractivity contribution < 1.29 is 24.2 Å². The zero-order valence-electron chi connectivity index (χ0n) is 14.3. The first kappa shape index (κ1) is 18.7. The molecular weight excluding hydrogens is 286 g/mol. The van der Waals surface area contributed by atoms with Gasteiger partial charge >= 0.3 is 12.1 Å². The lowest BCUT2D eigenvalue weighted by molar-refractivity contribution is -0.154. The van der Waals surface area contributed by atoms with Crippen molar-refractivity contribution in [2.24, 2.45) is 11.3 Å². The van der Waals surface area contributed by atoms with Crippen LogP contribution in [0.1, 0.15) is 53.9 Å². The summed E-state index contributed by atoms with van der Waals surface area (Å²) in [5.74, 6) is -1.04. The number of carboxylic acid groups (broad SMARTS) is 1. The molecule has 1 fully saturated rings. The largest absolute Gasteiger partial charge is 0.481 e. The summed E-state index contributed by atoms with van der Waals surface area (Å²) in [5.41, 5.74) is -1.66. The Morgan fingerprint density at radius 1 is 1.36 bits per heavy atom. The van der Waals surface area contributed by atoms with Gasteiger partial charge in [-0.3, -0.25) is 4.79 Å². The fraction of sp³-hybridized carbons (Fsp3) is 0.875. The normalized spacial score (nSPS) is 21.5. The smallest absolute Gasteiger partial charge is 0.407 e. The lowest BCUT2D eigenvalue weighted by Crippen LogP contribution is -2.49. The maximum absolute atomic E-state index is 11.9. The Kier molecular flexibility index (Phi) is 6.23. The van der Waals surface area contributed by atoms with Gasteiger partial charge in [-0.1, -0.05) is 13.8 Å². The Bertz CT molecular complexity index is 396. The summed E-state index contributed by atoms with van der Waals surface area (Å²) >= 11 is 0. The molecule has 6 nitrogen and oxygen atoms in total. The molecule has 0 bridgehead atoms. The Morgan fingerprint density at radius 3 is 2.41 bits per heavy atom. The van der Waals surface area contributed by atoms with Crippen molar-refractivity contribution in [1.29, 1.82) is 0 Å². The van der Waals surface area contributed by atoms with Crippen molar-refractivity contribution in [2.75, 3.05) is 13.2 Å². The molecule has 0 aromatic heterocycles. The van der Waals surface area contributed by atoms with E-state index in [1.807, 2.05) is 13.8 Å². The van der Waals surface area contributed by atoms with Crippen molar-refractivity contribution in [3.8, 4) is 0 Å². The van der Waals surface area contributed by atoms with Crippen molar-refractivity contribution in [3.05, 3.63) is 0 Å². The number of rotatable bonds is 6. The zero-order chi connectivity index (χ0) is 17.0. The summed E-state index contributed by atoms with van der Waals surface area (Å²) in [4.78, 5) is 23.7. The maximum Gasteiger partial charge on any atom is 0.407 e. The fourth-order valence-electron chi connectivity index (χ4n) is 2.68. The van der Waals surface area contributed by atoms with Gasteiger partial charge in [0.15, 0.2) is 0 Å². The molecule has 0 spiro atoms. The van der Waals surface area contributed by atoms with Gasteiger partial charge in [-0.15, -0.1) is 0 Å². The quantitative estimate of drug-likeness (QED) is 0.787. The molecule has 1 aliphatic heterocycles. The Morgan fingerprint density at radius 2 is 2.00 bits per heavy atom. The van der Waals surface area contributed by atoms with E-state index in [0.717, 1.165) is 12.8 Å². The molecule has 0 aliphatic carbocycles. The SMILES string of the molecule is CC(C)C(CNC(=O)OC(C)(C)C)(CC1CCCO1)C(=O)O. The number of alkyl carbamates (subject to hydrolysis) is 1. The zero-order valence-corrected chi connectivity index (χ0v) is 14.3. The first-order valence-corrected chi connectivity index (χ1v) is 7.89. The number of hydrogen-bond acceptors (Lipinski definition) is 4. The van der Waals surface area contributed by atoms with Gasteiger partial charge in [-0.2, -0.15) is 0 Å². The van der Waals surface area contributed by atoms with E-state index in [2.05, 4.69) is 5.32 Å². The van der Waals surface area contributed by atoms with Crippen LogP contribution in [0.2, 0.25) is 0 Å². The van der Waals surface area contributed by atoms with Gasteiger partial charge in [-0.25, -0.2) is 4.79 Å². The van der Waals surface area contributed by atoms with Crippen LogP contribution in [0.5, 0.6) is 0 Å². The van der Waals surface area contributed by atoms with E-state index in [1.54, 1.807) is 20.8 Å². The van der Waals surface area contributed by atoms with Crippen molar-refractivity contribution in [3.63, 3.8) is 0 Å². The predicted octanol–water partition coefficient (Wildman–Crippen LogP) is 2.81. The standard InChI is InChI=1S/C16H29NO5/c1-11(2)16(13(18)19,9-12-7-6-8-21-12)10-17-14(20)22-15(3,4)5/h11-12H,6-10H2,1-5H3,(H,17,20)(H,18,19). The molecule has 1 aliphatic rings. The number of carbonyl (C=O) groups excluding carboxylic acids is 1. The third kappa shape index (κ3) is 5.16. The Balaban J connectivity index is 2.76. The van der Waals surface area contributed by atoms with Crippen molar-refractivity contribution in [1.82, 2.24) is 5.32 Å². The third-order valence-electron chi connectivity index (χ3n) is 4.09. The molecule has 1 amide bonds. The number of ether oxygens (including phenoxy) is 2. The lowest BCUT2D eigenvalue weighted by atomic mass is 9.72. The summed E-state index contributed by atoms with van der Waals surface area (Å²) in [6.07, 6.45) is 1.58. The average Bonchev–Trinajstić information content (AvgIpc) is 2.84. The number of carboxylic acids is 1. The molecule has 0 aromatic rings. The third-order valence-corrected chi connectivity index (χ3v) is 4.09. The van der Waals surface area contributed by atoms with E-state index >= 15 is 0 Å². The number of nitrogens with one attached hydrogen (secondary N) is 1. The molecule has 22 heavy (non-hydrogen) atoms. The molecule has 0 radical (unpaired) electrons. The van der Waals surface area contributed by atoms with Gasteiger partial charge in [0.1, 0.15) is 5.60 Å². The van der Waals surface area contributed by atoms with E-state index < -0.39 is 23.1 Å². The first-order chi connectivity index (χ1) is 10.1. The summed E-state index contributed by atoms with van der Waals surface area (Å²) < 4.78 is 10.8. The van der Waals surface area contributed by atoms with Crippen molar-refractivity contribution >= 4 is 12.1 Å². The maximum atomic E-state index is 11.9. The number of aliphatic carboxylic acids is 1. The van der Waals surface area contributed by atoms with Gasteiger partial charge in [0.25, 0.3) is 0 Å². The minimum Gasteiger partial charge on any atom is -0.481 e. The lowest BCUT2D eigenvalue weighted by Gasteiger charge is -2.35. The Labute approximate surface area is 132 Å². The van der Waals surface area contributed by atoms with Gasteiger partial charge in [0.2, 0.25) is 0 Å². The van der Waals surface area contributed by atoms with Crippen LogP contribution in [0, 0.1) is 11.3 Å². The summed E-state index contributed by atoms with van der Waals surface area (Å²) in [6.45, 7) is 9.75. The second kappa shape index (κ2) is 7.31. The highest BCUT2D eigenvalue weighted by molar-refractivity contribution is 5.77. The molecule has 2 unspecified atom stereocenters. The molecule has 0 aromatic carbocycles. The topological polar surface area (TPSA) is 84.9 Å². The van der Waals surface area contributed by atoms with Gasteiger partial charge < -0.3 is 19.9 Å². The fourth-order valence-corrected chi connectivity index (χ4v) is 2.68. The van der Waals surface area contributed by atoms with Crippen LogP contribution < -0.4 is 5.32 Å². The molecule has 0 saturated carbocycles. The average molecular weight is 315 g/mol. The van der Waals surface area contributed by atoms with Crippen LogP contribution in [0.3, 0.4) is 0 Å². The second-order valence-corrected chi connectivity index (χ2v) is 7.31. The number of carbonyl (C=O) groups is 2. The van der Waals surface area contributed by atoms with Crippen LogP contribution in [-0.4, -0.2) is 42.0 Å². The van der Waals surface area contributed by atoms with E-state index in [9.17, 15) is 14.7 Å². The molecule has 2 atom stereocenters. The van der Waals surface area contributed by atoms with Crippen LogP contribution in [-0.2, 0) is 14.3 Å².